The summed E-state index contributed by atoms with van der Waals surface area (Å²) in [5, 5.41) is 35.7. The Hall–Kier alpha value is -2.25. The van der Waals surface area contributed by atoms with Crippen molar-refractivity contribution in [2.24, 2.45) is 0 Å². The van der Waals surface area contributed by atoms with Crippen LogP contribution in [0.5, 0.6) is 0 Å². The van der Waals surface area contributed by atoms with Gasteiger partial charge in [0.1, 0.15) is 5.69 Å². The topological polar surface area (TPSA) is 101 Å². The molecule has 0 unspecified atom stereocenters. The van der Waals surface area contributed by atoms with E-state index in [-0.39, 0.29) is 15.9 Å². The first kappa shape index (κ1) is 9.31. The molecule has 2 rings (SSSR count). The minimum Gasteiger partial charge on any atom is -0.593 e. The molecule has 2 heterocycles. The number of hydrogen-bond acceptors (Lipinski definition) is 5. The van der Waals surface area contributed by atoms with Crippen molar-refractivity contribution in [1.29, 1.82) is 0 Å². The molecule has 0 aromatic carbocycles. The van der Waals surface area contributed by atoms with Gasteiger partial charge < -0.3 is 26.3 Å². The van der Waals surface area contributed by atoms with E-state index in [9.17, 15) is 15.6 Å². The van der Waals surface area contributed by atoms with Crippen LogP contribution in [-0.2, 0) is 0 Å². The first-order valence-corrected chi connectivity index (χ1v) is 4.25. The van der Waals surface area contributed by atoms with Crippen LogP contribution >= 0.6 is 0 Å². The average molecular weight is 213 g/mol. The van der Waals surface area contributed by atoms with E-state index in [4.69, 9.17) is 0 Å². The van der Waals surface area contributed by atoms with Crippen molar-refractivity contribution in [1.82, 2.24) is 9.58 Å². The lowest BCUT2D eigenvalue weighted by molar-refractivity contribution is -0.722. The molecule has 0 amide bonds. The molecule has 0 aliphatic carbocycles. The van der Waals surface area contributed by atoms with Gasteiger partial charge in [-0.3, -0.25) is 0 Å². The maximum atomic E-state index is 11.1. The van der Waals surface area contributed by atoms with Gasteiger partial charge in [0.2, 0.25) is 11.7 Å². The lowest BCUT2D eigenvalue weighted by Crippen LogP contribution is -2.35. The van der Waals surface area contributed by atoms with Crippen LogP contribution in [0.1, 0.15) is 0 Å². The average Bonchev–Trinajstić information content (AvgIpc) is 2.65. The molecule has 4 N–H and O–H groups in total. The van der Waals surface area contributed by atoms with Crippen molar-refractivity contribution >= 4 is 22.5 Å². The Balaban J connectivity index is 2.89. The van der Waals surface area contributed by atoms with Crippen molar-refractivity contribution in [3.8, 4) is 0 Å². The lowest BCUT2D eigenvalue weighted by Gasteiger charge is -2.04. The minimum absolute atomic E-state index is 0.208. The molecule has 0 saturated carbocycles. The maximum absolute atomic E-state index is 11.1. The van der Waals surface area contributed by atoms with Crippen LogP contribution < -0.4 is 15.5 Å². The van der Waals surface area contributed by atoms with Crippen LogP contribution in [0.25, 0.3) is 11.0 Å². The molecule has 2 aromatic heterocycles. The molecule has 0 radical (unpaired) electrons. The molecular formula is C7H11N5O3. The number of anilines is 2. The fourth-order valence-electron chi connectivity index (χ4n) is 1.61. The number of nitrogens with one attached hydrogen (secondary N) is 2. The van der Waals surface area contributed by atoms with Gasteiger partial charge in [0.25, 0.3) is 0 Å². The van der Waals surface area contributed by atoms with E-state index in [0.717, 1.165) is 10.9 Å². The Morgan fingerprint density at radius 2 is 2.00 bits per heavy atom. The molecule has 0 fully saturated rings. The summed E-state index contributed by atoms with van der Waals surface area (Å²) in [4.78, 5) is 0.631. The molecule has 0 aliphatic heterocycles. The van der Waals surface area contributed by atoms with Crippen molar-refractivity contribution in [3.63, 3.8) is 0 Å². The van der Waals surface area contributed by atoms with Gasteiger partial charge in [-0.25, -0.2) is 0 Å². The second kappa shape index (κ2) is 2.87. The summed E-state index contributed by atoms with van der Waals surface area (Å²) in [6.07, 6.45) is 1.07. The molecule has 8 heteroatoms. The largest absolute Gasteiger partial charge is 0.593 e. The van der Waals surface area contributed by atoms with Gasteiger partial charge >= 0.3 is 0 Å². The van der Waals surface area contributed by atoms with Crippen molar-refractivity contribution in [2.75, 3.05) is 24.7 Å². The van der Waals surface area contributed by atoms with E-state index < -0.39 is 0 Å². The van der Waals surface area contributed by atoms with E-state index in [2.05, 4.69) is 10.6 Å². The predicted molar refractivity (Wildman–Crippen MR) is 52.4 cm³/mol. The molecule has 0 spiro atoms. The summed E-state index contributed by atoms with van der Waals surface area (Å²) in [7, 11) is 3.24. The van der Waals surface area contributed by atoms with Crippen LogP contribution in [0.3, 0.4) is 0 Å². The highest BCUT2D eigenvalue weighted by molar-refractivity contribution is 5.96. The molecule has 0 bridgehead atoms. The number of aromatic nitrogens is 3. The first-order chi connectivity index (χ1) is 7.11. The number of fused-ring (bicyclic) bond motifs is 1. The van der Waals surface area contributed by atoms with Gasteiger partial charge in [-0.05, 0) is 4.85 Å². The van der Waals surface area contributed by atoms with E-state index in [0.29, 0.717) is 16.4 Å². The monoisotopic (exact) mass is 213 g/mol. The Kier molecular flexibility index (Phi) is 1.78. The van der Waals surface area contributed by atoms with Gasteiger partial charge in [-0.15, -0.1) is 0 Å². The minimum atomic E-state index is 0.208. The predicted octanol–water partition coefficient (Wildman–Crippen LogP) is -0.366. The second-order valence-corrected chi connectivity index (χ2v) is 2.99. The van der Waals surface area contributed by atoms with Crippen LogP contribution in [0.2, 0.25) is 0 Å². The molecule has 8 nitrogen and oxygen atoms in total. The highest BCUT2D eigenvalue weighted by Crippen LogP contribution is 2.32. The summed E-state index contributed by atoms with van der Waals surface area (Å²) in [5.41, 5.74) is 0.854. The number of nitrogens with zero attached hydrogens (tertiary/aromatic N) is 3. The Bertz CT molecular complexity index is 514. The molecule has 0 aliphatic rings. The lowest BCUT2D eigenvalue weighted by atomic mass is 10.4. The molecule has 0 saturated heterocycles. The summed E-state index contributed by atoms with van der Waals surface area (Å²) in [6, 6.07) is 0. The van der Waals surface area contributed by atoms with E-state index in [1.165, 1.54) is 0 Å². The van der Waals surface area contributed by atoms with Crippen LogP contribution in [0.15, 0.2) is 6.20 Å². The van der Waals surface area contributed by atoms with Crippen molar-refractivity contribution in [3.05, 3.63) is 11.4 Å². The molecule has 2 aromatic rings. The fraction of sp³-hybridized carbons (Fsp3) is 0.286. The Morgan fingerprint density at radius 3 is 2.53 bits per heavy atom. The van der Waals surface area contributed by atoms with Crippen LogP contribution in [0.4, 0.5) is 11.5 Å². The third kappa shape index (κ3) is 0.981. The van der Waals surface area contributed by atoms with Gasteiger partial charge in [-0.2, -0.15) is 4.73 Å². The number of rotatable bonds is 2. The second-order valence-electron chi connectivity index (χ2n) is 2.99. The van der Waals surface area contributed by atoms with Crippen molar-refractivity contribution in [2.45, 2.75) is 0 Å². The van der Waals surface area contributed by atoms with Gasteiger partial charge in [-0.1, -0.05) is 0 Å². The van der Waals surface area contributed by atoms with Crippen LogP contribution in [0, 0.1) is 5.21 Å². The van der Waals surface area contributed by atoms with Gasteiger partial charge in [0.15, 0.2) is 11.3 Å². The fourth-order valence-corrected chi connectivity index (χ4v) is 1.61. The summed E-state index contributed by atoms with van der Waals surface area (Å²) in [6.45, 7) is 0. The zero-order valence-corrected chi connectivity index (χ0v) is 8.22. The quantitative estimate of drug-likeness (QED) is 0.310. The van der Waals surface area contributed by atoms with Gasteiger partial charge in [0.05, 0.1) is 0 Å². The van der Waals surface area contributed by atoms with Gasteiger partial charge in [0, 0.05) is 18.9 Å². The molecular weight excluding hydrogens is 202 g/mol. The zero-order chi connectivity index (χ0) is 11.2. The van der Waals surface area contributed by atoms with E-state index in [1.54, 1.807) is 14.1 Å². The maximum Gasteiger partial charge on any atom is 0.240 e. The smallest absolute Gasteiger partial charge is 0.240 e. The standard InChI is InChI=1S/C7H11N5O3/c1-8-5-6-4(3-10(13)12(6)15)11(14)7(5)9-2/h3,8-9,14-15H,1-2H3. The third-order valence-electron chi connectivity index (χ3n) is 2.26. The first-order valence-electron chi connectivity index (χ1n) is 4.25. The van der Waals surface area contributed by atoms with E-state index >= 15 is 0 Å². The normalized spacial score (nSPS) is 10.8. The third-order valence-corrected chi connectivity index (χ3v) is 2.26. The SMILES string of the molecule is CNc1c(NC)n(O)c2c[n+]([O-])n(O)c12. The molecule has 15 heavy (non-hydrogen) atoms. The summed E-state index contributed by atoms with van der Waals surface area (Å²) in [5.74, 6) is 0.367. The van der Waals surface area contributed by atoms with Crippen molar-refractivity contribution < 1.29 is 15.3 Å². The zero-order valence-electron chi connectivity index (χ0n) is 8.22. The molecule has 82 valence electrons. The van der Waals surface area contributed by atoms with Crippen LogP contribution in [-0.4, -0.2) is 34.1 Å². The number of hydrogen-bond donors (Lipinski definition) is 4. The Labute approximate surface area is 84.4 Å². The molecule has 0 atom stereocenters. The highest BCUT2D eigenvalue weighted by atomic mass is 16.6. The highest BCUT2D eigenvalue weighted by Gasteiger charge is 2.25. The van der Waals surface area contributed by atoms with E-state index in [1.807, 2.05) is 0 Å². The summed E-state index contributed by atoms with van der Waals surface area (Å²) >= 11 is 0. The Morgan fingerprint density at radius 1 is 1.33 bits per heavy atom. The summed E-state index contributed by atoms with van der Waals surface area (Å²) < 4.78 is 0.794.